The van der Waals surface area contributed by atoms with E-state index >= 15 is 0 Å². The van der Waals surface area contributed by atoms with Gasteiger partial charge in [-0.3, -0.25) is 10.1 Å². The highest BCUT2D eigenvalue weighted by Gasteiger charge is 2.22. The van der Waals surface area contributed by atoms with E-state index in [4.69, 9.17) is 0 Å². The number of carbonyl (C=O) groups is 1. The Balaban J connectivity index is 1.90. The summed E-state index contributed by atoms with van der Waals surface area (Å²) in [4.78, 5) is 27.5. The first-order chi connectivity index (χ1) is 12.3. The quantitative estimate of drug-likeness (QED) is 0.476. The van der Waals surface area contributed by atoms with Gasteiger partial charge in [0.25, 0.3) is 5.91 Å². The number of anilines is 1. The fourth-order valence-electron chi connectivity index (χ4n) is 2.31. The minimum atomic E-state index is -0.223. The number of thiazole rings is 1. The topological polar surface area (TPSA) is 67.8 Å². The number of amides is 1. The molecule has 3 aromatic heterocycles. The SMILES string of the molecule is CSc1nc(-c2cccs2)nc(C)c1C(=O)Nc1nc(C(C)(C)C)cs1. The maximum absolute atomic E-state index is 12.8. The summed E-state index contributed by atoms with van der Waals surface area (Å²) in [6.45, 7) is 8.14. The Morgan fingerprint density at radius 1 is 1.19 bits per heavy atom. The highest BCUT2D eigenvalue weighted by molar-refractivity contribution is 7.98. The van der Waals surface area contributed by atoms with Gasteiger partial charge in [0.2, 0.25) is 0 Å². The Labute approximate surface area is 165 Å². The maximum atomic E-state index is 12.8. The van der Waals surface area contributed by atoms with E-state index in [1.807, 2.05) is 36.1 Å². The Kier molecular flexibility index (Phi) is 5.45. The molecule has 0 unspecified atom stereocenters. The number of carbonyl (C=O) groups excluding carboxylic acids is 1. The zero-order valence-electron chi connectivity index (χ0n) is 15.3. The van der Waals surface area contributed by atoms with Crippen LogP contribution in [0.15, 0.2) is 27.9 Å². The van der Waals surface area contributed by atoms with Gasteiger partial charge in [0, 0.05) is 10.8 Å². The first-order valence-corrected chi connectivity index (χ1v) is 11.0. The van der Waals surface area contributed by atoms with E-state index < -0.39 is 0 Å². The van der Waals surface area contributed by atoms with Crippen LogP contribution in [0.3, 0.4) is 0 Å². The predicted octanol–water partition coefficient (Wildman–Crippen LogP) is 5.24. The first-order valence-electron chi connectivity index (χ1n) is 8.03. The molecule has 8 heteroatoms. The van der Waals surface area contributed by atoms with E-state index in [0.29, 0.717) is 27.2 Å². The summed E-state index contributed by atoms with van der Waals surface area (Å²) in [5, 5.41) is 8.13. The molecular weight excluding hydrogens is 384 g/mol. The molecule has 136 valence electrons. The largest absolute Gasteiger partial charge is 0.298 e. The van der Waals surface area contributed by atoms with Gasteiger partial charge in [-0.25, -0.2) is 15.0 Å². The maximum Gasteiger partial charge on any atom is 0.262 e. The van der Waals surface area contributed by atoms with Crippen molar-refractivity contribution in [3.63, 3.8) is 0 Å². The average molecular weight is 405 g/mol. The Bertz CT molecular complexity index is 927. The Morgan fingerprint density at radius 3 is 2.54 bits per heavy atom. The summed E-state index contributed by atoms with van der Waals surface area (Å²) >= 11 is 4.46. The third-order valence-electron chi connectivity index (χ3n) is 3.71. The number of aryl methyl sites for hydroxylation is 1. The molecule has 0 spiro atoms. The molecule has 1 N–H and O–H groups in total. The smallest absolute Gasteiger partial charge is 0.262 e. The molecule has 0 aliphatic rings. The molecule has 3 aromatic rings. The van der Waals surface area contributed by atoms with Crippen molar-refractivity contribution in [1.82, 2.24) is 15.0 Å². The molecule has 0 aromatic carbocycles. The van der Waals surface area contributed by atoms with E-state index in [1.165, 1.54) is 23.1 Å². The molecule has 0 aliphatic heterocycles. The molecule has 1 amide bonds. The van der Waals surface area contributed by atoms with Gasteiger partial charge >= 0.3 is 0 Å². The highest BCUT2D eigenvalue weighted by atomic mass is 32.2. The van der Waals surface area contributed by atoms with Gasteiger partial charge in [-0.05, 0) is 24.6 Å². The van der Waals surface area contributed by atoms with Crippen LogP contribution in [0.25, 0.3) is 10.7 Å². The van der Waals surface area contributed by atoms with Gasteiger partial charge < -0.3 is 0 Å². The lowest BCUT2D eigenvalue weighted by Gasteiger charge is -2.14. The van der Waals surface area contributed by atoms with Gasteiger partial charge in [-0.15, -0.1) is 34.4 Å². The van der Waals surface area contributed by atoms with Gasteiger partial charge in [-0.2, -0.15) is 0 Å². The molecular formula is C18H20N4OS3. The summed E-state index contributed by atoms with van der Waals surface area (Å²) in [7, 11) is 0. The molecule has 5 nitrogen and oxygen atoms in total. The molecule has 0 saturated carbocycles. The van der Waals surface area contributed by atoms with Crippen LogP contribution < -0.4 is 5.32 Å². The van der Waals surface area contributed by atoms with Crippen molar-refractivity contribution in [2.45, 2.75) is 38.1 Å². The van der Waals surface area contributed by atoms with E-state index in [2.05, 4.69) is 41.0 Å². The Hall–Kier alpha value is -1.77. The first kappa shape index (κ1) is 19.0. The summed E-state index contributed by atoms with van der Waals surface area (Å²) in [5.74, 6) is 0.432. The van der Waals surface area contributed by atoms with Crippen molar-refractivity contribution in [1.29, 1.82) is 0 Å². The van der Waals surface area contributed by atoms with Crippen LogP contribution in [0.4, 0.5) is 5.13 Å². The number of hydrogen-bond acceptors (Lipinski definition) is 7. The lowest BCUT2D eigenvalue weighted by Crippen LogP contribution is -2.17. The average Bonchev–Trinajstić information content (AvgIpc) is 3.24. The molecule has 0 atom stereocenters. The fourth-order valence-corrected chi connectivity index (χ4v) is 4.52. The van der Waals surface area contributed by atoms with Gasteiger partial charge in [0.15, 0.2) is 11.0 Å². The molecule has 0 aliphatic carbocycles. The number of hydrogen-bond donors (Lipinski definition) is 1. The van der Waals surface area contributed by atoms with Crippen molar-refractivity contribution < 1.29 is 4.79 Å². The summed E-state index contributed by atoms with van der Waals surface area (Å²) in [5.41, 5.74) is 2.08. The summed E-state index contributed by atoms with van der Waals surface area (Å²) in [6, 6.07) is 3.94. The predicted molar refractivity (Wildman–Crippen MR) is 111 cm³/mol. The van der Waals surface area contributed by atoms with Crippen LogP contribution >= 0.6 is 34.4 Å². The van der Waals surface area contributed by atoms with Crippen molar-refractivity contribution in [2.75, 3.05) is 11.6 Å². The zero-order chi connectivity index (χ0) is 18.9. The lowest BCUT2D eigenvalue weighted by atomic mass is 9.93. The minimum Gasteiger partial charge on any atom is -0.298 e. The van der Waals surface area contributed by atoms with Crippen LogP contribution in [-0.2, 0) is 5.41 Å². The summed E-state index contributed by atoms with van der Waals surface area (Å²) < 4.78 is 0. The second kappa shape index (κ2) is 7.46. The standard InChI is InChI=1S/C18H20N4OS3/c1-10-13(15(23)22-17-20-12(9-26-17)18(2,3)4)16(24-5)21-14(19-10)11-7-6-8-25-11/h6-9H,1-5H3,(H,20,22,23). The van der Waals surface area contributed by atoms with E-state index in [1.54, 1.807) is 11.3 Å². The number of thiophene rings is 1. The van der Waals surface area contributed by atoms with Crippen molar-refractivity contribution in [3.05, 3.63) is 39.8 Å². The van der Waals surface area contributed by atoms with Crippen LogP contribution in [0, 0.1) is 6.92 Å². The third kappa shape index (κ3) is 3.97. The van der Waals surface area contributed by atoms with Crippen molar-refractivity contribution in [3.8, 4) is 10.7 Å². The van der Waals surface area contributed by atoms with Crippen molar-refractivity contribution >= 4 is 45.5 Å². The molecule has 26 heavy (non-hydrogen) atoms. The molecule has 0 fully saturated rings. The Morgan fingerprint density at radius 2 is 1.96 bits per heavy atom. The van der Waals surface area contributed by atoms with Crippen LogP contribution in [0.5, 0.6) is 0 Å². The highest BCUT2D eigenvalue weighted by Crippen LogP contribution is 2.29. The summed E-state index contributed by atoms with van der Waals surface area (Å²) in [6.07, 6.45) is 1.91. The molecule has 0 radical (unpaired) electrons. The van der Waals surface area contributed by atoms with Crippen LogP contribution in [-0.4, -0.2) is 27.1 Å². The number of aromatic nitrogens is 3. The number of thioether (sulfide) groups is 1. The van der Waals surface area contributed by atoms with Crippen LogP contribution in [0.1, 0.15) is 42.5 Å². The molecule has 3 heterocycles. The van der Waals surface area contributed by atoms with Crippen molar-refractivity contribution in [2.24, 2.45) is 0 Å². The second-order valence-electron chi connectivity index (χ2n) is 6.74. The lowest BCUT2D eigenvalue weighted by molar-refractivity contribution is 0.102. The zero-order valence-corrected chi connectivity index (χ0v) is 17.7. The van der Waals surface area contributed by atoms with Gasteiger partial charge in [0.1, 0.15) is 5.03 Å². The third-order valence-corrected chi connectivity index (χ3v) is 6.02. The van der Waals surface area contributed by atoms with E-state index in [9.17, 15) is 4.79 Å². The van der Waals surface area contributed by atoms with E-state index in [0.717, 1.165) is 10.6 Å². The molecule has 0 saturated heterocycles. The van der Waals surface area contributed by atoms with Gasteiger partial charge in [-0.1, -0.05) is 26.8 Å². The minimum absolute atomic E-state index is 0.0503. The normalized spacial score (nSPS) is 11.6. The second-order valence-corrected chi connectivity index (χ2v) is 9.34. The van der Waals surface area contributed by atoms with E-state index in [-0.39, 0.29) is 11.3 Å². The molecule has 3 rings (SSSR count). The van der Waals surface area contributed by atoms with Crippen LogP contribution in [0.2, 0.25) is 0 Å². The number of rotatable bonds is 4. The monoisotopic (exact) mass is 404 g/mol. The van der Waals surface area contributed by atoms with Gasteiger partial charge in [0.05, 0.1) is 21.8 Å². The number of nitrogens with one attached hydrogen (secondary N) is 1. The number of nitrogens with zero attached hydrogens (tertiary/aromatic N) is 3. The fraction of sp³-hybridized carbons (Fsp3) is 0.333. The molecule has 0 bridgehead atoms.